The molecule has 0 spiro atoms. The molecule has 4 unspecified atom stereocenters. The average molecular weight is 601 g/mol. The number of non-ortho nitro benzene ring substituents is 1. The van der Waals surface area contributed by atoms with Crippen molar-refractivity contribution in [2.45, 2.75) is 30.5 Å². The summed E-state index contributed by atoms with van der Waals surface area (Å²) in [5.74, 6) is -2.25. The van der Waals surface area contributed by atoms with E-state index < -0.39 is 58.6 Å². The standard InChI is InChI=1S/C22H31F3N4O12/c23-22(24,25)21(32)27-16-12-41-18(20(31)19(16)30)13-40-10-9-39-8-7-38-6-5-37-4-3-26-15-2-1-14(28(33)34)11-17(15)29(35)36/h1-2,11,16,18-20,26,30-31H,3-10,12-13H2,(H,27,32). The van der Waals surface area contributed by atoms with Crippen LogP contribution in [0.15, 0.2) is 18.2 Å². The monoisotopic (exact) mass is 600 g/mol. The maximum atomic E-state index is 12.3. The van der Waals surface area contributed by atoms with Crippen molar-refractivity contribution in [2.24, 2.45) is 0 Å². The van der Waals surface area contributed by atoms with E-state index in [9.17, 15) is 48.4 Å². The van der Waals surface area contributed by atoms with Crippen molar-refractivity contribution in [3.63, 3.8) is 0 Å². The molecule has 1 amide bonds. The topological polar surface area (TPSA) is 214 Å². The summed E-state index contributed by atoms with van der Waals surface area (Å²) in [5, 5.41) is 46.2. The van der Waals surface area contributed by atoms with Crippen LogP contribution in [0.3, 0.4) is 0 Å². The molecule has 1 fully saturated rings. The molecule has 16 nitrogen and oxygen atoms in total. The van der Waals surface area contributed by atoms with Gasteiger partial charge >= 0.3 is 12.1 Å². The number of alkyl halides is 3. The Morgan fingerprint density at radius 1 is 0.951 bits per heavy atom. The number of amides is 1. The Balaban J connectivity index is 1.45. The number of anilines is 1. The second kappa shape index (κ2) is 16.9. The number of aliphatic hydroxyl groups excluding tert-OH is 2. The van der Waals surface area contributed by atoms with Crippen LogP contribution in [-0.4, -0.2) is 123 Å². The summed E-state index contributed by atoms with van der Waals surface area (Å²) >= 11 is 0. The number of carbonyl (C=O) groups excluding carboxylic acids is 1. The van der Waals surface area contributed by atoms with Gasteiger partial charge in [0, 0.05) is 12.6 Å². The van der Waals surface area contributed by atoms with Crippen molar-refractivity contribution in [1.29, 1.82) is 0 Å². The highest BCUT2D eigenvalue weighted by molar-refractivity contribution is 5.82. The lowest BCUT2D eigenvalue weighted by Gasteiger charge is -2.37. The van der Waals surface area contributed by atoms with Crippen molar-refractivity contribution in [2.75, 3.05) is 71.3 Å². The summed E-state index contributed by atoms with van der Waals surface area (Å²) in [6.45, 7) is 1.05. The summed E-state index contributed by atoms with van der Waals surface area (Å²) < 4.78 is 63.5. The number of nitro benzene ring substituents is 2. The SMILES string of the molecule is O=C(NC1COC(COCCOCCOCCOCCNc2ccc([N+](=O)[O-])cc2[N+](=O)[O-])C(O)C1O)C(F)(F)F. The Kier molecular flexibility index (Phi) is 14.0. The predicted octanol–water partition coefficient (Wildman–Crippen LogP) is 0.149. The number of nitrogens with zero attached hydrogens (tertiary/aromatic N) is 2. The molecule has 1 saturated heterocycles. The molecule has 1 aliphatic rings. The van der Waals surface area contributed by atoms with Gasteiger partial charge in [-0.25, -0.2) is 0 Å². The first-order chi connectivity index (χ1) is 19.4. The third-order valence-corrected chi connectivity index (χ3v) is 5.56. The molecule has 1 aliphatic heterocycles. The van der Waals surface area contributed by atoms with E-state index in [1.165, 1.54) is 6.07 Å². The Morgan fingerprint density at radius 3 is 2.10 bits per heavy atom. The normalized spacial score (nSPS) is 20.9. The van der Waals surface area contributed by atoms with Gasteiger partial charge < -0.3 is 44.5 Å². The fourth-order valence-electron chi connectivity index (χ4n) is 3.46. The summed E-state index contributed by atoms with van der Waals surface area (Å²) in [4.78, 5) is 31.4. The van der Waals surface area contributed by atoms with Crippen LogP contribution in [0.5, 0.6) is 0 Å². The van der Waals surface area contributed by atoms with Crippen molar-refractivity contribution in [3.8, 4) is 0 Å². The van der Waals surface area contributed by atoms with Crippen LogP contribution >= 0.6 is 0 Å². The van der Waals surface area contributed by atoms with E-state index in [4.69, 9.17) is 23.7 Å². The number of carbonyl (C=O) groups is 1. The maximum Gasteiger partial charge on any atom is 0.471 e. The predicted molar refractivity (Wildman–Crippen MR) is 131 cm³/mol. The molecule has 0 aromatic heterocycles. The minimum atomic E-state index is -5.13. The molecule has 232 valence electrons. The quantitative estimate of drug-likeness (QED) is 0.100. The van der Waals surface area contributed by atoms with Crippen molar-refractivity contribution < 1.29 is 61.7 Å². The van der Waals surface area contributed by atoms with Gasteiger partial charge in [0.05, 0.1) is 81.4 Å². The summed E-state index contributed by atoms with van der Waals surface area (Å²) in [6, 6.07) is 1.86. The molecule has 19 heteroatoms. The number of hydrogen-bond donors (Lipinski definition) is 4. The van der Waals surface area contributed by atoms with E-state index in [1.54, 1.807) is 5.32 Å². The third-order valence-electron chi connectivity index (χ3n) is 5.56. The van der Waals surface area contributed by atoms with Gasteiger partial charge in [-0.2, -0.15) is 13.2 Å². The van der Waals surface area contributed by atoms with E-state index in [0.717, 1.165) is 12.1 Å². The van der Waals surface area contributed by atoms with Crippen LogP contribution in [-0.2, 0) is 28.5 Å². The van der Waals surface area contributed by atoms with E-state index in [2.05, 4.69) is 5.32 Å². The molecule has 1 heterocycles. The summed E-state index contributed by atoms with van der Waals surface area (Å²) in [7, 11) is 0. The van der Waals surface area contributed by atoms with Gasteiger partial charge in [-0.15, -0.1) is 0 Å². The smallest absolute Gasteiger partial charge is 0.388 e. The lowest BCUT2D eigenvalue weighted by molar-refractivity contribution is -0.393. The summed E-state index contributed by atoms with van der Waals surface area (Å²) in [6.07, 6.45) is -9.38. The molecule has 0 radical (unpaired) electrons. The molecular weight excluding hydrogens is 569 g/mol. The van der Waals surface area contributed by atoms with Crippen molar-refractivity contribution in [1.82, 2.24) is 5.32 Å². The highest BCUT2D eigenvalue weighted by Crippen LogP contribution is 2.28. The molecule has 1 aromatic carbocycles. The lowest BCUT2D eigenvalue weighted by Crippen LogP contribution is -2.61. The van der Waals surface area contributed by atoms with Gasteiger partial charge in [-0.1, -0.05) is 0 Å². The summed E-state index contributed by atoms with van der Waals surface area (Å²) in [5.41, 5.74) is -0.675. The van der Waals surface area contributed by atoms with Gasteiger partial charge in [-0.05, 0) is 6.07 Å². The number of benzene rings is 1. The fourth-order valence-corrected chi connectivity index (χ4v) is 3.46. The number of hydrogen-bond acceptors (Lipinski definition) is 13. The number of nitrogens with one attached hydrogen (secondary N) is 2. The van der Waals surface area contributed by atoms with Gasteiger partial charge in [-0.3, -0.25) is 25.0 Å². The van der Waals surface area contributed by atoms with E-state index in [-0.39, 0.29) is 70.8 Å². The minimum absolute atomic E-state index is 0.0972. The third kappa shape index (κ3) is 11.7. The second-order valence-electron chi connectivity index (χ2n) is 8.49. The van der Waals surface area contributed by atoms with E-state index in [0.29, 0.717) is 0 Å². The van der Waals surface area contributed by atoms with E-state index >= 15 is 0 Å². The molecule has 0 saturated carbocycles. The Hall–Kier alpha value is -3.20. The Bertz CT molecular complexity index is 1000. The van der Waals surface area contributed by atoms with Crippen LogP contribution in [0.4, 0.5) is 30.2 Å². The number of halogens is 3. The second-order valence-corrected chi connectivity index (χ2v) is 8.49. The Labute approximate surface area is 230 Å². The van der Waals surface area contributed by atoms with Crippen LogP contribution in [0, 0.1) is 20.2 Å². The van der Waals surface area contributed by atoms with Crippen molar-refractivity contribution in [3.05, 3.63) is 38.4 Å². The number of nitro groups is 2. The largest absolute Gasteiger partial charge is 0.471 e. The molecule has 1 aromatic rings. The molecule has 2 rings (SSSR count). The molecule has 0 bridgehead atoms. The molecule has 41 heavy (non-hydrogen) atoms. The molecule has 4 atom stereocenters. The van der Waals surface area contributed by atoms with Crippen molar-refractivity contribution >= 4 is 23.0 Å². The first kappa shape index (κ1) is 34.0. The van der Waals surface area contributed by atoms with Gasteiger partial charge in [0.2, 0.25) is 0 Å². The van der Waals surface area contributed by atoms with Crippen LogP contribution in [0.1, 0.15) is 0 Å². The van der Waals surface area contributed by atoms with Gasteiger partial charge in [0.1, 0.15) is 24.0 Å². The molecule has 0 aliphatic carbocycles. The first-order valence-electron chi connectivity index (χ1n) is 12.2. The van der Waals surface area contributed by atoms with Crippen LogP contribution in [0.2, 0.25) is 0 Å². The molecule has 4 N–H and O–H groups in total. The van der Waals surface area contributed by atoms with Crippen LogP contribution in [0.25, 0.3) is 0 Å². The zero-order chi connectivity index (χ0) is 30.4. The maximum absolute atomic E-state index is 12.3. The molecular formula is C22H31F3N4O12. The van der Waals surface area contributed by atoms with E-state index in [1.807, 2.05) is 0 Å². The minimum Gasteiger partial charge on any atom is -0.388 e. The number of aliphatic hydroxyl groups is 2. The highest BCUT2D eigenvalue weighted by Gasteiger charge is 2.44. The first-order valence-corrected chi connectivity index (χ1v) is 12.2. The zero-order valence-electron chi connectivity index (χ0n) is 21.6. The van der Waals surface area contributed by atoms with Gasteiger partial charge in [0.15, 0.2) is 0 Å². The zero-order valence-corrected chi connectivity index (χ0v) is 21.6. The lowest BCUT2D eigenvalue weighted by atomic mass is 9.98. The number of rotatable bonds is 18. The Morgan fingerprint density at radius 2 is 1.54 bits per heavy atom. The van der Waals surface area contributed by atoms with Crippen LogP contribution < -0.4 is 10.6 Å². The average Bonchev–Trinajstić information content (AvgIpc) is 2.91. The number of ether oxygens (including phenoxy) is 5. The fraction of sp³-hybridized carbons (Fsp3) is 0.682. The highest BCUT2D eigenvalue weighted by atomic mass is 19.4. The van der Waals surface area contributed by atoms with Gasteiger partial charge in [0.25, 0.3) is 11.4 Å².